The topological polar surface area (TPSA) is 81.1 Å². The van der Waals surface area contributed by atoms with Crippen LogP contribution in [0.4, 0.5) is 10.5 Å². The molecule has 0 aliphatic heterocycles. The van der Waals surface area contributed by atoms with Crippen LogP contribution in [-0.4, -0.2) is 33.7 Å². The summed E-state index contributed by atoms with van der Waals surface area (Å²) < 4.78 is 7.66. The Morgan fingerprint density at radius 2 is 1.84 bits per heavy atom. The highest BCUT2D eigenvalue weighted by Gasteiger charge is 2.13. The lowest BCUT2D eigenvalue weighted by molar-refractivity contribution is 0.252. The fraction of sp³-hybridized carbons (Fsp3) is 0.208. The number of ether oxygens (including phenoxy) is 1. The number of anilines is 1. The van der Waals surface area contributed by atoms with Crippen LogP contribution in [-0.2, 0) is 13.0 Å². The van der Waals surface area contributed by atoms with Gasteiger partial charge in [-0.05, 0) is 36.8 Å². The number of hydrogen-bond acceptors (Lipinski definition) is 4. The molecular weight excluding hydrogens is 390 g/mol. The summed E-state index contributed by atoms with van der Waals surface area (Å²) >= 11 is 0. The van der Waals surface area contributed by atoms with Gasteiger partial charge in [0.05, 0.1) is 18.8 Å². The van der Waals surface area contributed by atoms with Crippen LogP contribution in [0.3, 0.4) is 0 Å². The van der Waals surface area contributed by atoms with Crippen LogP contribution < -0.4 is 15.4 Å². The summed E-state index contributed by atoms with van der Waals surface area (Å²) in [7, 11) is 0. The Bertz CT molecular complexity index is 1160. The molecule has 2 heterocycles. The van der Waals surface area contributed by atoms with Crippen LogP contribution in [0, 0.1) is 0 Å². The summed E-state index contributed by atoms with van der Waals surface area (Å²) in [5.41, 5.74) is 3.51. The van der Waals surface area contributed by atoms with Crippen LogP contribution >= 0.6 is 0 Å². The van der Waals surface area contributed by atoms with Gasteiger partial charge in [-0.3, -0.25) is 0 Å². The second-order valence-corrected chi connectivity index (χ2v) is 7.01. The number of fused-ring (bicyclic) bond motifs is 1. The lowest BCUT2D eigenvalue weighted by Crippen LogP contribution is -2.31. The Balaban J connectivity index is 1.43. The van der Waals surface area contributed by atoms with E-state index >= 15 is 0 Å². The van der Waals surface area contributed by atoms with E-state index in [0.717, 1.165) is 17.0 Å². The van der Waals surface area contributed by atoms with E-state index in [0.29, 0.717) is 37.6 Å². The van der Waals surface area contributed by atoms with Crippen LogP contribution in [0.25, 0.3) is 11.2 Å². The number of carbonyl (C=O) groups is 1. The van der Waals surface area contributed by atoms with E-state index in [-0.39, 0.29) is 6.03 Å². The van der Waals surface area contributed by atoms with Crippen molar-refractivity contribution < 1.29 is 9.53 Å². The maximum Gasteiger partial charge on any atom is 0.319 e. The number of nitrogens with zero attached hydrogens (tertiary/aromatic N) is 3. The van der Waals surface area contributed by atoms with Gasteiger partial charge in [0, 0.05) is 19.2 Å². The van der Waals surface area contributed by atoms with Gasteiger partial charge in [0.15, 0.2) is 5.65 Å². The minimum absolute atomic E-state index is 0.281. The van der Waals surface area contributed by atoms with Crippen molar-refractivity contribution >= 4 is 22.9 Å². The lowest BCUT2D eigenvalue weighted by Gasteiger charge is -2.12. The number of rotatable bonds is 8. The number of aromatic nitrogens is 3. The maximum atomic E-state index is 12.4. The zero-order valence-corrected chi connectivity index (χ0v) is 17.4. The number of urea groups is 1. The molecule has 0 atom stereocenters. The lowest BCUT2D eigenvalue weighted by atomic mass is 10.2. The molecule has 0 unspecified atom stereocenters. The first-order valence-electron chi connectivity index (χ1n) is 10.4. The highest BCUT2D eigenvalue weighted by Crippen LogP contribution is 2.23. The third kappa shape index (κ3) is 5.01. The molecule has 4 aromatic rings. The Labute approximate surface area is 181 Å². The summed E-state index contributed by atoms with van der Waals surface area (Å²) in [5.74, 6) is 1.53. The Morgan fingerprint density at radius 3 is 2.68 bits per heavy atom. The van der Waals surface area contributed by atoms with Gasteiger partial charge >= 0.3 is 6.03 Å². The second kappa shape index (κ2) is 9.75. The van der Waals surface area contributed by atoms with Crippen molar-refractivity contribution in [3.05, 3.63) is 84.3 Å². The molecule has 2 amide bonds. The monoisotopic (exact) mass is 415 g/mol. The van der Waals surface area contributed by atoms with Gasteiger partial charge in [0.1, 0.15) is 17.1 Å². The fourth-order valence-electron chi connectivity index (χ4n) is 3.43. The van der Waals surface area contributed by atoms with Crippen molar-refractivity contribution in [1.82, 2.24) is 19.9 Å². The molecule has 0 radical (unpaired) electrons. The molecule has 0 saturated heterocycles. The number of amides is 2. The van der Waals surface area contributed by atoms with Gasteiger partial charge < -0.3 is 19.9 Å². The summed E-state index contributed by atoms with van der Waals surface area (Å²) in [6.45, 7) is 3.57. The number of para-hydroxylation sites is 2. The zero-order valence-electron chi connectivity index (χ0n) is 17.4. The first-order valence-corrected chi connectivity index (χ1v) is 10.4. The van der Waals surface area contributed by atoms with Gasteiger partial charge in [0.2, 0.25) is 0 Å². The second-order valence-electron chi connectivity index (χ2n) is 7.01. The number of imidazole rings is 1. The first-order chi connectivity index (χ1) is 15.2. The molecule has 0 bridgehead atoms. The average Bonchev–Trinajstić information content (AvgIpc) is 3.13. The average molecular weight is 415 g/mol. The Kier molecular flexibility index (Phi) is 6.42. The summed E-state index contributed by atoms with van der Waals surface area (Å²) in [4.78, 5) is 21.6. The van der Waals surface area contributed by atoms with Crippen molar-refractivity contribution in [2.24, 2.45) is 0 Å². The predicted octanol–water partition coefficient (Wildman–Crippen LogP) is 4.24. The van der Waals surface area contributed by atoms with E-state index in [4.69, 9.17) is 9.72 Å². The summed E-state index contributed by atoms with van der Waals surface area (Å²) in [6.07, 6.45) is 2.36. The molecule has 0 aliphatic carbocycles. The molecule has 0 saturated carbocycles. The van der Waals surface area contributed by atoms with E-state index in [1.165, 1.54) is 5.56 Å². The number of hydrogen-bond donors (Lipinski definition) is 2. The first kappa shape index (κ1) is 20.4. The van der Waals surface area contributed by atoms with Crippen molar-refractivity contribution in [1.29, 1.82) is 0 Å². The van der Waals surface area contributed by atoms with Gasteiger partial charge in [-0.15, -0.1) is 0 Å². The molecular formula is C24H25N5O2. The van der Waals surface area contributed by atoms with Crippen molar-refractivity contribution in [2.75, 3.05) is 18.5 Å². The molecule has 31 heavy (non-hydrogen) atoms. The van der Waals surface area contributed by atoms with E-state index < -0.39 is 0 Å². The summed E-state index contributed by atoms with van der Waals surface area (Å²) in [5, 5.41) is 5.75. The SMILES string of the molecule is CCOc1ccccc1NC(=O)NCCc1nc2cccnc2n1Cc1ccccc1. The highest BCUT2D eigenvalue weighted by atomic mass is 16.5. The molecule has 7 heteroatoms. The van der Waals surface area contributed by atoms with Crippen molar-refractivity contribution in [2.45, 2.75) is 19.9 Å². The van der Waals surface area contributed by atoms with Gasteiger partial charge in [-0.1, -0.05) is 42.5 Å². The molecule has 2 aromatic heterocycles. The quantitative estimate of drug-likeness (QED) is 0.451. The molecule has 2 N–H and O–H groups in total. The molecule has 0 aliphatic rings. The number of carbonyl (C=O) groups excluding carboxylic acids is 1. The molecule has 4 rings (SSSR count). The minimum atomic E-state index is -0.281. The minimum Gasteiger partial charge on any atom is -0.492 e. The van der Waals surface area contributed by atoms with Gasteiger partial charge in [-0.25, -0.2) is 14.8 Å². The Morgan fingerprint density at radius 1 is 1.03 bits per heavy atom. The number of pyridine rings is 1. The number of nitrogens with one attached hydrogen (secondary N) is 2. The zero-order chi connectivity index (χ0) is 21.5. The predicted molar refractivity (Wildman–Crippen MR) is 121 cm³/mol. The van der Waals surface area contributed by atoms with Gasteiger partial charge in [0.25, 0.3) is 0 Å². The van der Waals surface area contributed by atoms with Crippen LogP contribution in [0.2, 0.25) is 0 Å². The Hall–Kier alpha value is -3.87. The van der Waals surface area contributed by atoms with Gasteiger partial charge in [-0.2, -0.15) is 0 Å². The fourth-order valence-corrected chi connectivity index (χ4v) is 3.43. The molecule has 0 fully saturated rings. The molecule has 7 nitrogen and oxygen atoms in total. The third-order valence-electron chi connectivity index (χ3n) is 4.84. The summed E-state index contributed by atoms with van der Waals surface area (Å²) in [6, 6.07) is 21.1. The number of benzene rings is 2. The third-order valence-corrected chi connectivity index (χ3v) is 4.84. The van der Waals surface area contributed by atoms with Crippen molar-refractivity contribution in [3.8, 4) is 5.75 Å². The van der Waals surface area contributed by atoms with E-state index in [9.17, 15) is 4.79 Å². The smallest absolute Gasteiger partial charge is 0.319 e. The molecule has 2 aromatic carbocycles. The highest BCUT2D eigenvalue weighted by molar-refractivity contribution is 5.90. The molecule has 0 spiro atoms. The van der Waals surface area contributed by atoms with Crippen molar-refractivity contribution in [3.63, 3.8) is 0 Å². The van der Waals surface area contributed by atoms with Crippen LogP contribution in [0.15, 0.2) is 72.9 Å². The van der Waals surface area contributed by atoms with E-state index in [2.05, 4.69) is 32.3 Å². The molecule has 158 valence electrons. The largest absolute Gasteiger partial charge is 0.492 e. The van der Waals surface area contributed by atoms with E-state index in [1.807, 2.05) is 61.5 Å². The maximum absolute atomic E-state index is 12.4. The van der Waals surface area contributed by atoms with E-state index in [1.54, 1.807) is 6.20 Å². The van der Waals surface area contributed by atoms with Crippen LogP contribution in [0.5, 0.6) is 5.75 Å². The standard InChI is InChI=1S/C24H25N5O2/c1-2-31-21-13-7-6-11-19(21)28-24(30)26-16-14-22-27-20-12-8-15-25-23(20)29(22)17-18-9-4-3-5-10-18/h3-13,15H,2,14,16-17H2,1H3,(H2,26,28,30). The normalized spacial score (nSPS) is 10.7. The van der Waals surface area contributed by atoms with Crippen LogP contribution in [0.1, 0.15) is 18.3 Å².